The number of nitrogens with zero attached hydrogens (tertiary/aromatic N) is 2. The Kier molecular flexibility index (Phi) is 5.12. The first-order valence-electron chi connectivity index (χ1n) is 8.27. The summed E-state index contributed by atoms with van der Waals surface area (Å²) >= 11 is 0. The summed E-state index contributed by atoms with van der Waals surface area (Å²) in [6.07, 6.45) is 0.541. The van der Waals surface area contributed by atoms with E-state index in [2.05, 4.69) is 10.4 Å². The van der Waals surface area contributed by atoms with Gasteiger partial charge < -0.3 is 10.4 Å². The van der Waals surface area contributed by atoms with Crippen LogP contribution in [0.15, 0.2) is 65.5 Å². The molecular weight excluding hydrogens is 330 g/mol. The van der Waals surface area contributed by atoms with Gasteiger partial charge in [-0.05, 0) is 43.2 Å². The third-order valence-electron chi connectivity index (χ3n) is 3.93. The zero-order valence-electron chi connectivity index (χ0n) is 14.3. The number of para-hydroxylation sites is 1. The molecule has 26 heavy (non-hydrogen) atoms. The van der Waals surface area contributed by atoms with Crippen LogP contribution in [0.2, 0.25) is 0 Å². The topological polar surface area (TPSA) is 84.2 Å². The fraction of sp³-hybridized carbons (Fsp3) is 0.150. The van der Waals surface area contributed by atoms with Gasteiger partial charge in [-0.3, -0.25) is 9.59 Å². The van der Waals surface area contributed by atoms with Gasteiger partial charge in [-0.25, -0.2) is 4.68 Å². The summed E-state index contributed by atoms with van der Waals surface area (Å²) in [5, 5.41) is 16.4. The zero-order valence-corrected chi connectivity index (χ0v) is 14.3. The standard InChI is InChI=1S/C20H19N3O3/c1-14-12-18(25)19(22-23(14)16-7-3-2-4-8-16)20(26)21-11-10-15-6-5-9-17(24)13-15/h2-9,12-13,24H,10-11H2,1H3,(H,21,26). The monoisotopic (exact) mass is 349 g/mol. The summed E-state index contributed by atoms with van der Waals surface area (Å²) < 4.78 is 1.57. The molecule has 0 fully saturated rings. The van der Waals surface area contributed by atoms with E-state index in [1.165, 1.54) is 6.07 Å². The molecule has 1 aromatic heterocycles. The Hall–Kier alpha value is -3.41. The number of benzene rings is 2. The molecule has 6 nitrogen and oxygen atoms in total. The lowest BCUT2D eigenvalue weighted by molar-refractivity contribution is 0.0946. The lowest BCUT2D eigenvalue weighted by Gasteiger charge is -2.11. The lowest BCUT2D eigenvalue weighted by atomic mass is 10.1. The maximum Gasteiger partial charge on any atom is 0.275 e. The van der Waals surface area contributed by atoms with Crippen LogP contribution in [0, 0.1) is 6.92 Å². The molecule has 132 valence electrons. The van der Waals surface area contributed by atoms with Crippen LogP contribution in [-0.2, 0) is 6.42 Å². The van der Waals surface area contributed by atoms with Crippen molar-refractivity contribution in [1.82, 2.24) is 15.1 Å². The second-order valence-corrected chi connectivity index (χ2v) is 5.92. The predicted octanol–water partition coefficient (Wildman–Crippen LogP) is 2.22. The molecule has 2 aromatic carbocycles. The van der Waals surface area contributed by atoms with E-state index >= 15 is 0 Å². The molecule has 0 saturated heterocycles. The van der Waals surface area contributed by atoms with Crippen molar-refractivity contribution in [3.05, 3.63) is 87.8 Å². The van der Waals surface area contributed by atoms with Gasteiger partial charge in [0.15, 0.2) is 5.69 Å². The van der Waals surface area contributed by atoms with Crippen molar-refractivity contribution in [2.45, 2.75) is 13.3 Å². The molecule has 0 unspecified atom stereocenters. The molecule has 3 aromatic rings. The number of phenolic OH excluding ortho intramolecular Hbond substituents is 1. The predicted molar refractivity (Wildman–Crippen MR) is 98.7 cm³/mol. The van der Waals surface area contributed by atoms with Crippen molar-refractivity contribution in [2.75, 3.05) is 6.54 Å². The molecule has 0 atom stereocenters. The molecule has 0 radical (unpaired) electrons. The Morgan fingerprint density at radius 1 is 1.12 bits per heavy atom. The summed E-state index contributed by atoms with van der Waals surface area (Å²) in [6.45, 7) is 2.10. The fourth-order valence-electron chi connectivity index (χ4n) is 2.65. The highest BCUT2D eigenvalue weighted by Crippen LogP contribution is 2.11. The van der Waals surface area contributed by atoms with Gasteiger partial charge in [-0.2, -0.15) is 5.10 Å². The van der Waals surface area contributed by atoms with Gasteiger partial charge in [0.25, 0.3) is 5.91 Å². The SMILES string of the molecule is Cc1cc(=O)c(C(=O)NCCc2cccc(O)c2)nn1-c1ccccc1. The van der Waals surface area contributed by atoms with Crippen LogP contribution in [-0.4, -0.2) is 27.3 Å². The first kappa shape index (κ1) is 17.4. The second-order valence-electron chi connectivity index (χ2n) is 5.92. The number of aromatic nitrogens is 2. The molecule has 0 aliphatic heterocycles. The highest BCUT2D eigenvalue weighted by molar-refractivity contribution is 5.92. The van der Waals surface area contributed by atoms with Crippen LogP contribution in [0.25, 0.3) is 5.69 Å². The third-order valence-corrected chi connectivity index (χ3v) is 3.93. The Labute approximate surface area is 150 Å². The number of hydrogen-bond acceptors (Lipinski definition) is 4. The summed E-state index contributed by atoms with van der Waals surface area (Å²) in [5.74, 6) is -0.334. The zero-order chi connectivity index (χ0) is 18.5. The smallest absolute Gasteiger partial charge is 0.275 e. The Bertz CT molecular complexity index is 981. The van der Waals surface area contributed by atoms with E-state index < -0.39 is 11.3 Å². The van der Waals surface area contributed by atoms with Crippen molar-refractivity contribution in [1.29, 1.82) is 0 Å². The molecule has 2 N–H and O–H groups in total. The van der Waals surface area contributed by atoms with Gasteiger partial charge >= 0.3 is 0 Å². The van der Waals surface area contributed by atoms with Crippen LogP contribution >= 0.6 is 0 Å². The van der Waals surface area contributed by atoms with Crippen molar-refractivity contribution in [2.24, 2.45) is 0 Å². The van der Waals surface area contributed by atoms with Crippen LogP contribution in [0.4, 0.5) is 0 Å². The fourth-order valence-corrected chi connectivity index (χ4v) is 2.65. The molecule has 6 heteroatoms. The minimum absolute atomic E-state index is 0.143. The van der Waals surface area contributed by atoms with Crippen LogP contribution in [0.1, 0.15) is 21.7 Å². The summed E-state index contributed by atoms with van der Waals surface area (Å²) in [7, 11) is 0. The molecule has 0 aliphatic rings. The number of aryl methyl sites for hydroxylation is 1. The summed E-state index contributed by atoms with van der Waals surface area (Å²) in [5.41, 5.74) is 1.76. The molecule has 0 saturated carbocycles. The quantitative estimate of drug-likeness (QED) is 0.740. The average molecular weight is 349 g/mol. The Balaban J connectivity index is 1.76. The van der Waals surface area contributed by atoms with E-state index in [1.54, 1.807) is 29.8 Å². The summed E-state index contributed by atoms with van der Waals surface area (Å²) in [4.78, 5) is 24.6. The molecular formula is C20H19N3O3. The van der Waals surface area contributed by atoms with Crippen molar-refractivity contribution in [3.8, 4) is 11.4 Å². The summed E-state index contributed by atoms with van der Waals surface area (Å²) in [6, 6.07) is 17.6. The normalized spacial score (nSPS) is 10.5. The van der Waals surface area contributed by atoms with E-state index in [-0.39, 0.29) is 11.4 Å². The van der Waals surface area contributed by atoms with E-state index in [1.807, 2.05) is 36.4 Å². The van der Waals surface area contributed by atoms with E-state index in [9.17, 15) is 14.7 Å². The molecule has 0 spiro atoms. The maximum absolute atomic E-state index is 12.4. The minimum Gasteiger partial charge on any atom is -0.508 e. The van der Waals surface area contributed by atoms with Crippen LogP contribution < -0.4 is 10.7 Å². The van der Waals surface area contributed by atoms with E-state index in [0.29, 0.717) is 18.7 Å². The second kappa shape index (κ2) is 7.65. The number of carbonyl (C=O) groups excluding carboxylic acids is 1. The van der Waals surface area contributed by atoms with Crippen molar-refractivity contribution < 1.29 is 9.90 Å². The highest BCUT2D eigenvalue weighted by Gasteiger charge is 2.14. The van der Waals surface area contributed by atoms with Gasteiger partial charge in [-0.1, -0.05) is 30.3 Å². The number of phenols is 1. The first-order chi connectivity index (χ1) is 12.5. The van der Waals surface area contributed by atoms with E-state index in [4.69, 9.17) is 0 Å². The number of amides is 1. The molecule has 0 aliphatic carbocycles. The highest BCUT2D eigenvalue weighted by atomic mass is 16.3. The van der Waals surface area contributed by atoms with Gasteiger partial charge in [0, 0.05) is 18.3 Å². The third kappa shape index (κ3) is 3.97. The number of rotatable bonds is 5. The Morgan fingerprint density at radius 3 is 2.62 bits per heavy atom. The number of nitrogens with one attached hydrogen (secondary N) is 1. The molecule has 1 heterocycles. The number of carbonyl (C=O) groups is 1. The van der Waals surface area contributed by atoms with Crippen molar-refractivity contribution in [3.63, 3.8) is 0 Å². The minimum atomic E-state index is -0.514. The van der Waals surface area contributed by atoms with Crippen molar-refractivity contribution >= 4 is 5.91 Å². The van der Waals surface area contributed by atoms with Crippen LogP contribution in [0.3, 0.4) is 0 Å². The number of aromatic hydroxyl groups is 1. The van der Waals surface area contributed by atoms with Gasteiger partial charge in [0.2, 0.25) is 5.43 Å². The van der Waals surface area contributed by atoms with Gasteiger partial charge in [-0.15, -0.1) is 0 Å². The molecule has 1 amide bonds. The average Bonchev–Trinajstić information content (AvgIpc) is 2.62. The first-order valence-corrected chi connectivity index (χ1v) is 8.27. The van der Waals surface area contributed by atoms with Crippen LogP contribution in [0.5, 0.6) is 5.75 Å². The molecule has 0 bridgehead atoms. The maximum atomic E-state index is 12.4. The lowest BCUT2D eigenvalue weighted by Crippen LogP contribution is -2.33. The van der Waals surface area contributed by atoms with E-state index in [0.717, 1.165) is 11.3 Å². The number of hydrogen-bond donors (Lipinski definition) is 2. The van der Waals surface area contributed by atoms with Gasteiger partial charge in [0.1, 0.15) is 5.75 Å². The Morgan fingerprint density at radius 2 is 1.88 bits per heavy atom. The van der Waals surface area contributed by atoms with Gasteiger partial charge in [0.05, 0.1) is 5.69 Å². The molecule has 3 rings (SSSR count). The largest absolute Gasteiger partial charge is 0.508 e.